The minimum absolute atomic E-state index is 0.204. The molecule has 0 aliphatic carbocycles. The molecule has 5 heteroatoms. The summed E-state index contributed by atoms with van der Waals surface area (Å²) in [5.41, 5.74) is 4.51. The Hall–Kier alpha value is -2.47. The Balaban J connectivity index is 1.51. The number of benzene rings is 2. The van der Waals surface area contributed by atoms with Gasteiger partial charge in [-0.25, -0.2) is 4.79 Å². The van der Waals surface area contributed by atoms with Gasteiger partial charge in [-0.2, -0.15) is 0 Å². The molecular formula is C28H37NO4. The number of β-amino-alcohol motifs (C(OH)–C–C–N with tert-alkyl or cyclic N) is 1. The molecule has 2 aromatic carbocycles. The Bertz CT molecular complexity index is 908. The summed E-state index contributed by atoms with van der Waals surface area (Å²) in [6.45, 7) is 8.12. The molecule has 3 rings (SSSR count). The molecule has 0 saturated carbocycles. The maximum absolute atomic E-state index is 11.7. The van der Waals surface area contributed by atoms with Gasteiger partial charge in [-0.3, -0.25) is 4.90 Å². The predicted molar refractivity (Wildman–Crippen MR) is 132 cm³/mol. The number of hydrogen-bond donors (Lipinski definition) is 1. The molecule has 1 heterocycles. The zero-order valence-electron chi connectivity index (χ0n) is 20.1. The van der Waals surface area contributed by atoms with Gasteiger partial charge in [0.15, 0.2) is 0 Å². The van der Waals surface area contributed by atoms with Crippen molar-refractivity contribution in [3.63, 3.8) is 0 Å². The Morgan fingerprint density at radius 3 is 2.73 bits per heavy atom. The van der Waals surface area contributed by atoms with Crippen LogP contribution in [0.3, 0.4) is 0 Å². The second-order valence-electron chi connectivity index (χ2n) is 8.82. The Kier molecular flexibility index (Phi) is 9.67. The van der Waals surface area contributed by atoms with E-state index in [4.69, 9.17) is 9.47 Å². The van der Waals surface area contributed by atoms with E-state index in [9.17, 15) is 9.90 Å². The second kappa shape index (κ2) is 12.7. The van der Waals surface area contributed by atoms with Crippen molar-refractivity contribution in [2.45, 2.75) is 58.3 Å². The molecule has 0 radical (unpaired) electrons. The largest absolute Gasteiger partial charge is 0.463 e. The number of esters is 1. The number of nitrogens with zero attached hydrogens (tertiary/aromatic N) is 1. The summed E-state index contributed by atoms with van der Waals surface area (Å²) < 4.78 is 11.0. The van der Waals surface area contributed by atoms with Crippen molar-refractivity contribution in [2.75, 3.05) is 26.3 Å². The highest BCUT2D eigenvalue weighted by molar-refractivity contribution is 5.87. The van der Waals surface area contributed by atoms with Crippen molar-refractivity contribution in [1.82, 2.24) is 4.90 Å². The van der Waals surface area contributed by atoms with Crippen molar-refractivity contribution in [3.8, 4) is 0 Å². The molecular weight excluding hydrogens is 414 g/mol. The summed E-state index contributed by atoms with van der Waals surface area (Å²) in [5.74, 6) is -0.359. The number of carbonyl (C=O) groups excluding carboxylic acids is 1. The van der Waals surface area contributed by atoms with Crippen molar-refractivity contribution in [3.05, 3.63) is 76.9 Å². The summed E-state index contributed by atoms with van der Waals surface area (Å²) in [4.78, 5) is 14.1. The summed E-state index contributed by atoms with van der Waals surface area (Å²) in [7, 11) is 0. The van der Waals surface area contributed by atoms with Gasteiger partial charge in [-0.05, 0) is 69.3 Å². The fourth-order valence-corrected chi connectivity index (χ4v) is 4.41. The third-order valence-corrected chi connectivity index (χ3v) is 6.19. The summed E-state index contributed by atoms with van der Waals surface area (Å²) in [5, 5.41) is 10.7. The molecule has 0 unspecified atom stereocenters. The Morgan fingerprint density at radius 1 is 1.21 bits per heavy atom. The lowest BCUT2D eigenvalue weighted by Crippen LogP contribution is -2.39. The van der Waals surface area contributed by atoms with Gasteiger partial charge in [0.25, 0.3) is 0 Å². The van der Waals surface area contributed by atoms with Crippen LogP contribution in [0.2, 0.25) is 0 Å². The number of ether oxygens (including phenoxy) is 2. The first-order valence-electron chi connectivity index (χ1n) is 12.0. The minimum Gasteiger partial charge on any atom is -0.463 e. The number of rotatable bonds is 11. The SMILES string of the molecule is CCOC(=O)/C=C/c1ccccc1[C@@H](C)OC[C@H](O)CN1CCC[C@H]1Cc1ccc(C)cc1. The van der Waals surface area contributed by atoms with Crippen molar-refractivity contribution < 1.29 is 19.4 Å². The van der Waals surface area contributed by atoms with Crippen LogP contribution in [0.1, 0.15) is 55.0 Å². The van der Waals surface area contributed by atoms with Crippen molar-refractivity contribution in [1.29, 1.82) is 0 Å². The van der Waals surface area contributed by atoms with Gasteiger partial charge in [0, 0.05) is 18.7 Å². The van der Waals surface area contributed by atoms with E-state index in [1.54, 1.807) is 13.0 Å². The second-order valence-corrected chi connectivity index (χ2v) is 8.82. The maximum atomic E-state index is 11.7. The van der Waals surface area contributed by atoms with E-state index in [1.807, 2.05) is 31.2 Å². The maximum Gasteiger partial charge on any atom is 0.330 e. The summed E-state index contributed by atoms with van der Waals surface area (Å²) >= 11 is 0. The van der Waals surface area contributed by atoms with E-state index < -0.39 is 6.10 Å². The molecule has 5 nitrogen and oxygen atoms in total. The normalized spacial score (nSPS) is 18.5. The molecule has 33 heavy (non-hydrogen) atoms. The average Bonchev–Trinajstić information content (AvgIpc) is 3.24. The van der Waals surface area contributed by atoms with E-state index in [0.717, 1.165) is 30.5 Å². The van der Waals surface area contributed by atoms with Crippen molar-refractivity contribution in [2.24, 2.45) is 0 Å². The molecule has 1 N–H and O–H groups in total. The van der Waals surface area contributed by atoms with Crippen LogP contribution in [-0.2, 0) is 20.7 Å². The van der Waals surface area contributed by atoms with Crippen LogP contribution in [0.15, 0.2) is 54.6 Å². The number of aliphatic hydroxyl groups is 1. The third-order valence-electron chi connectivity index (χ3n) is 6.19. The van der Waals surface area contributed by atoms with Crippen LogP contribution in [0, 0.1) is 6.92 Å². The number of hydrogen-bond acceptors (Lipinski definition) is 5. The molecule has 178 valence electrons. The number of likely N-dealkylation sites (tertiary alicyclic amines) is 1. The van der Waals surface area contributed by atoms with Gasteiger partial charge in [-0.15, -0.1) is 0 Å². The fourth-order valence-electron chi connectivity index (χ4n) is 4.41. The van der Waals surface area contributed by atoms with Crippen LogP contribution < -0.4 is 0 Å². The molecule has 3 atom stereocenters. The molecule has 0 bridgehead atoms. The third kappa shape index (κ3) is 7.81. The van der Waals surface area contributed by atoms with Crippen LogP contribution >= 0.6 is 0 Å². The number of aryl methyl sites for hydroxylation is 1. The standard InChI is InChI=1S/C28H37NO4/c1-4-32-28(31)16-15-24-8-5-6-10-27(24)22(3)33-20-26(30)19-29-17-7-9-25(29)18-23-13-11-21(2)12-14-23/h5-6,8,10-16,22,25-26,30H,4,7,9,17-20H2,1-3H3/b16-15+/t22-,25+,26-/m1/s1. The zero-order valence-corrected chi connectivity index (χ0v) is 20.1. The lowest BCUT2D eigenvalue weighted by Gasteiger charge is -2.27. The molecule has 1 aliphatic rings. The van der Waals surface area contributed by atoms with Gasteiger partial charge in [0.1, 0.15) is 0 Å². The summed E-state index contributed by atoms with van der Waals surface area (Å²) in [6.07, 6.45) is 5.79. The lowest BCUT2D eigenvalue weighted by atomic mass is 10.0. The number of carbonyl (C=O) groups is 1. The molecule has 1 aliphatic heterocycles. The first-order chi connectivity index (χ1) is 16.0. The topological polar surface area (TPSA) is 59.0 Å². The Morgan fingerprint density at radius 2 is 1.97 bits per heavy atom. The predicted octanol–water partition coefficient (Wildman–Crippen LogP) is 4.72. The minimum atomic E-state index is -0.548. The lowest BCUT2D eigenvalue weighted by molar-refractivity contribution is -0.137. The smallest absolute Gasteiger partial charge is 0.330 e. The first kappa shape index (κ1) is 25.2. The van der Waals surface area contributed by atoms with Crippen LogP contribution in [0.4, 0.5) is 0 Å². The van der Waals surface area contributed by atoms with Gasteiger partial charge in [0.05, 0.1) is 25.4 Å². The molecule has 0 aromatic heterocycles. The van der Waals surface area contributed by atoms with Gasteiger partial charge in [0.2, 0.25) is 0 Å². The highest BCUT2D eigenvalue weighted by Crippen LogP contribution is 2.24. The quantitative estimate of drug-likeness (QED) is 0.396. The average molecular weight is 452 g/mol. The number of aliphatic hydroxyl groups excluding tert-OH is 1. The highest BCUT2D eigenvalue weighted by atomic mass is 16.5. The van der Waals surface area contributed by atoms with Crippen LogP contribution in [-0.4, -0.2) is 54.4 Å². The van der Waals surface area contributed by atoms with Gasteiger partial charge in [-0.1, -0.05) is 54.1 Å². The van der Waals surface area contributed by atoms with Crippen molar-refractivity contribution >= 4 is 12.0 Å². The molecule has 1 fully saturated rings. The first-order valence-corrected chi connectivity index (χ1v) is 12.0. The molecule has 2 aromatic rings. The zero-order chi connectivity index (χ0) is 23.6. The van der Waals surface area contributed by atoms with Gasteiger partial charge < -0.3 is 14.6 Å². The van der Waals surface area contributed by atoms with E-state index in [0.29, 0.717) is 19.2 Å². The van der Waals surface area contributed by atoms with Crippen LogP contribution in [0.5, 0.6) is 0 Å². The van der Waals surface area contributed by atoms with E-state index in [-0.39, 0.29) is 18.7 Å². The molecule has 1 saturated heterocycles. The molecule has 0 amide bonds. The van der Waals surface area contributed by atoms with E-state index in [1.165, 1.54) is 23.6 Å². The molecule has 0 spiro atoms. The monoisotopic (exact) mass is 451 g/mol. The van der Waals surface area contributed by atoms with Crippen LogP contribution in [0.25, 0.3) is 6.08 Å². The Labute approximate surface area is 198 Å². The van der Waals surface area contributed by atoms with Gasteiger partial charge >= 0.3 is 5.97 Å². The van der Waals surface area contributed by atoms with E-state index in [2.05, 4.69) is 36.1 Å². The summed E-state index contributed by atoms with van der Waals surface area (Å²) in [6, 6.07) is 17.0. The van der Waals surface area contributed by atoms with E-state index >= 15 is 0 Å². The fraction of sp³-hybridized carbons (Fsp3) is 0.464. The highest BCUT2D eigenvalue weighted by Gasteiger charge is 2.26.